The first kappa shape index (κ1) is 63.4. The number of hydrogen-bond donors (Lipinski definition) is 1. The van der Waals surface area contributed by atoms with E-state index in [1.807, 2.05) is 152 Å². The summed E-state index contributed by atoms with van der Waals surface area (Å²) in [7, 11) is 0. The van der Waals surface area contributed by atoms with Crippen LogP contribution in [0.5, 0.6) is 0 Å². The molecule has 496 valence electrons. The van der Waals surface area contributed by atoms with Crippen molar-refractivity contribution < 1.29 is 0 Å². The normalized spacial score (nSPS) is 11.3. The van der Waals surface area contributed by atoms with Crippen molar-refractivity contribution in [3.05, 3.63) is 381 Å². The molecule has 10 nitrogen and oxygen atoms in total. The average Bonchev–Trinajstić information content (AvgIpc) is 1.58. The monoisotopic (exact) mass is 1410 g/mol. The fourth-order valence-corrected chi connectivity index (χ4v) is 14.6. The molecule has 0 aliphatic carbocycles. The second kappa shape index (κ2) is 28.0. The Labute approximate surface area is 614 Å². The third-order valence-electron chi connectivity index (χ3n) is 19.1. The van der Waals surface area contributed by atoms with Crippen LogP contribution in [0.1, 0.15) is 0 Å². The van der Waals surface area contributed by atoms with Gasteiger partial charge >= 0.3 is 0 Å². The van der Waals surface area contributed by atoms with Crippen LogP contribution in [0, 0.1) is 0 Å². The van der Waals surface area contributed by atoms with Crippen molar-refractivity contribution in [2.45, 2.75) is 0 Å². The summed E-state index contributed by atoms with van der Waals surface area (Å²) in [5, 5.41) is 7.38. The van der Waals surface area contributed by atoms with E-state index in [2.05, 4.69) is 259 Å². The maximum atomic E-state index is 5.14. The van der Waals surface area contributed by atoms with Crippen molar-refractivity contribution in [3.63, 3.8) is 0 Å². The Balaban J connectivity index is 0.000000124. The van der Waals surface area contributed by atoms with E-state index in [4.69, 9.17) is 29.9 Å². The maximum Gasteiger partial charge on any atom is 0.164 e. The Kier molecular flexibility index (Phi) is 16.9. The molecule has 0 saturated heterocycles. The van der Waals surface area contributed by atoms with Crippen LogP contribution in [0.25, 0.3) is 173 Å². The van der Waals surface area contributed by atoms with Crippen LogP contribution in [0.4, 0.5) is 0 Å². The van der Waals surface area contributed by atoms with Gasteiger partial charge in [-0.2, -0.15) is 0 Å². The van der Waals surface area contributed by atoms with E-state index in [1.54, 1.807) is 0 Å². The van der Waals surface area contributed by atoms with Gasteiger partial charge in [0.05, 0.1) is 27.6 Å². The molecule has 0 bridgehead atoms. The Hall–Kier alpha value is -13.7. The van der Waals surface area contributed by atoms with Crippen molar-refractivity contribution in [2.75, 3.05) is 0 Å². The van der Waals surface area contributed by atoms with E-state index in [-0.39, 0.29) is 0 Å². The zero-order chi connectivity index (χ0) is 70.0. The number of hydrogen-bond acceptors (Lipinski definition) is 6. The van der Waals surface area contributed by atoms with Crippen molar-refractivity contribution in [1.82, 2.24) is 48.6 Å². The molecule has 0 spiro atoms. The minimum Gasteiger partial charge on any atom is -0.353 e. The summed E-state index contributed by atoms with van der Waals surface area (Å²) >= 11 is 3.66. The number of nitrogens with zero attached hydrogens (tertiary/aromatic N) is 9. The fraction of sp³-hybridized carbons (Fsp3) is 0. The molecule has 14 aromatic carbocycles. The van der Waals surface area contributed by atoms with E-state index in [9.17, 15) is 0 Å². The molecule has 0 radical (unpaired) electrons. The van der Waals surface area contributed by atoms with Gasteiger partial charge in [-0.3, -0.25) is 0 Å². The SMILES string of the molecule is Brc1cc(-c2ccccc2)cc(-c2nc(-c3ccccc3)nc(-c3ccccc3)n2)c1.c1ccc(-c2cc(-c3nc(-c4ccccc4)nc(-c4ccccc4)n3)cc(-n3c4ccccc4c4ccc5ccn(-c6ccccc6)c5c43)c2)cc1.c1ccc(-n2ccc3ccc4c5ccccc5[nH]c4c32)cc1. The Morgan fingerprint density at radius 3 is 1.08 bits per heavy atom. The summed E-state index contributed by atoms with van der Waals surface area (Å²) in [6.45, 7) is 0. The van der Waals surface area contributed by atoms with Crippen LogP contribution < -0.4 is 0 Å². The summed E-state index contributed by atoms with van der Waals surface area (Å²) in [6, 6.07) is 126. The Bertz CT molecular complexity index is 6390. The van der Waals surface area contributed by atoms with E-state index in [1.165, 1.54) is 54.6 Å². The second-order valence-electron chi connectivity index (χ2n) is 25.7. The van der Waals surface area contributed by atoms with Gasteiger partial charge in [0.2, 0.25) is 0 Å². The van der Waals surface area contributed by atoms with E-state index in [0.717, 1.165) is 88.0 Å². The average molecular weight is 1410 g/mol. The number of fused-ring (bicyclic) bond motifs is 10. The Morgan fingerprint density at radius 1 is 0.238 bits per heavy atom. The number of H-pyrrole nitrogens is 1. The van der Waals surface area contributed by atoms with Crippen molar-refractivity contribution in [2.24, 2.45) is 0 Å². The van der Waals surface area contributed by atoms with Crippen LogP contribution in [-0.4, -0.2) is 48.6 Å². The van der Waals surface area contributed by atoms with Gasteiger partial charge in [0, 0.05) is 105 Å². The number of rotatable bonds is 11. The molecule has 11 heteroatoms. The largest absolute Gasteiger partial charge is 0.353 e. The van der Waals surface area contributed by atoms with E-state index < -0.39 is 0 Å². The van der Waals surface area contributed by atoms with Crippen LogP contribution in [-0.2, 0) is 0 Å². The zero-order valence-electron chi connectivity index (χ0n) is 56.7. The number of para-hydroxylation sites is 4. The van der Waals surface area contributed by atoms with Gasteiger partial charge in [0.25, 0.3) is 0 Å². The quantitative estimate of drug-likeness (QED) is 0.138. The minimum absolute atomic E-state index is 0.616. The predicted octanol–water partition coefficient (Wildman–Crippen LogP) is 24.1. The Morgan fingerprint density at radius 2 is 0.590 bits per heavy atom. The highest BCUT2D eigenvalue weighted by atomic mass is 79.9. The lowest BCUT2D eigenvalue weighted by Crippen LogP contribution is -2.02. The molecule has 6 aromatic heterocycles. The molecule has 0 aliphatic heterocycles. The molecule has 20 aromatic rings. The van der Waals surface area contributed by atoms with Gasteiger partial charge in [-0.05, 0) is 107 Å². The number of halogens is 1. The first-order valence-electron chi connectivity index (χ1n) is 34.9. The van der Waals surface area contributed by atoms with Crippen molar-refractivity contribution in [3.8, 4) is 108 Å². The van der Waals surface area contributed by atoms with Gasteiger partial charge in [-0.15, -0.1) is 0 Å². The van der Waals surface area contributed by atoms with Gasteiger partial charge in [0.1, 0.15) is 0 Å². The number of benzene rings is 14. The standard InChI is InChI=1S/C47H31N5.C27H18BrN3.C20H14N2/c1-5-15-32(16-6-1)36-29-37(47-49-45(34-17-7-2-8-18-34)48-46(50-47)35-19-9-3-10-20-35)31-39(30-36)52-42-24-14-13-23-40(42)41-26-25-33-27-28-51(43(33)44(41)52)38-21-11-4-12-22-38;28-24-17-22(19-10-4-1-5-11-19)16-23(18-24)27-30-25(20-12-6-2-7-13-20)29-26(31-27)21-14-8-3-9-15-21;1-2-6-15(7-3-1)22-13-12-14-10-11-17-16-8-4-5-9-18(16)21-19(17)20(14)22/h1-31H;1-18H;1-13,21H. The van der Waals surface area contributed by atoms with E-state index >= 15 is 0 Å². The first-order chi connectivity index (χ1) is 52.0. The summed E-state index contributed by atoms with van der Waals surface area (Å²) in [5.74, 6) is 3.85. The summed E-state index contributed by atoms with van der Waals surface area (Å²) in [5.41, 5.74) is 20.5. The molecule has 0 amide bonds. The lowest BCUT2D eigenvalue weighted by molar-refractivity contribution is 1.07. The molecule has 105 heavy (non-hydrogen) atoms. The topological polar surface area (TPSA) is 108 Å². The molecule has 20 rings (SSSR count). The summed E-state index contributed by atoms with van der Waals surface area (Å²) < 4.78 is 7.96. The number of aromatic nitrogens is 10. The molecule has 0 saturated carbocycles. The van der Waals surface area contributed by atoms with Gasteiger partial charge in [-0.25, -0.2) is 29.9 Å². The van der Waals surface area contributed by atoms with Gasteiger partial charge in [-0.1, -0.05) is 295 Å². The van der Waals surface area contributed by atoms with Gasteiger partial charge in [0.15, 0.2) is 34.9 Å². The summed E-state index contributed by atoms with van der Waals surface area (Å²) in [6.07, 6.45) is 4.32. The molecule has 6 heterocycles. The maximum absolute atomic E-state index is 5.14. The molecule has 0 atom stereocenters. The zero-order valence-corrected chi connectivity index (χ0v) is 58.3. The molecule has 0 fully saturated rings. The predicted molar refractivity (Wildman–Crippen MR) is 435 cm³/mol. The van der Waals surface area contributed by atoms with Crippen LogP contribution >= 0.6 is 15.9 Å². The second-order valence-corrected chi connectivity index (χ2v) is 26.6. The molecule has 1 N–H and O–H groups in total. The number of nitrogens with one attached hydrogen (secondary N) is 1. The highest BCUT2D eigenvalue weighted by molar-refractivity contribution is 9.10. The molecular formula is C94H63BrN10. The molecular weight excluding hydrogens is 1350 g/mol. The molecule has 0 aliphatic rings. The summed E-state index contributed by atoms with van der Waals surface area (Å²) in [4.78, 5) is 33.3. The van der Waals surface area contributed by atoms with Crippen LogP contribution in [0.2, 0.25) is 0 Å². The first-order valence-corrected chi connectivity index (χ1v) is 35.7. The fourth-order valence-electron chi connectivity index (χ4n) is 14.1. The molecule has 0 unspecified atom stereocenters. The minimum atomic E-state index is 0.616. The highest BCUT2D eigenvalue weighted by Gasteiger charge is 2.22. The number of aromatic amines is 1. The van der Waals surface area contributed by atoms with Gasteiger partial charge < -0.3 is 18.7 Å². The van der Waals surface area contributed by atoms with Crippen molar-refractivity contribution in [1.29, 1.82) is 0 Å². The smallest absolute Gasteiger partial charge is 0.164 e. The lowest BCUT2D eigenvalue weighted by atomic mass is 10.0. The van der Waals surface area contributed by atoms with E-state index in [0.29, 0.717) is 34.9 Å². The third kappa shape index (κ3) is 12.6. The highest BCUT2D eigenvalue weighted by Crippen LogP contribution is 2.41. The van der Waals surface area contributed by atoms with Crippen LogP contribution in [0.3, 0.4) is 0 Å². The lowest BCUT2D eigenvalue weighted by Gasteiger charge is -2.15. The van der Waals surface area contributed by atoms with Crippen LogP contribution in [0.15, 0.2) is 381 Å². The van der Waals surface area contributed by atoms with Crippen molar-refractivity contribution >= 4 is 81.3 Å². The third-order valence-corrected chi connectivity index (χ3v) is 19.5.